The summed E-state index contributed by atoms with van der Waals surface area (Å²) in [4.78, 5) is 21.8. The van der Waals surface area contributed by atoms with Crippen molar-refractivity contribution >= 4 is 11.8 Å². The van der Waals surface area contributed by atoms with Crippen LogP contribution in [-0.4, -0.2) is 11.8 Å². The molecular weight excluding hydrogens is 252 g/mol. The fourth-order valence-electron chi connectivity index (χ4n) is 1.63. The van der Waals surface area contributed by atoms with Crippen molar-refractivity contribution < 1.29 is 14.3 Å². The normalized spacial score (nSPS) is 17.9. The Morgan fingerprint density at radius 3 is 2.30 bits per heavy atom. The van der Waals surface area contributed by atoms with Gasteiger partial charge in [0.1, 0.15) is 5.76 Å². The van der Waals surface area contributed by atoms with E-state index >= 15 is 0 Å². The van der Waals surface area contributed by atoms with Crippen LogP contribution in [0.25, 0.3) is 0 Å². The first-order valence-electron chi connectivity index (χ1n) is 7.17. The molecule has 3 nitrogen and oxygen atoms in total. The Morgan fingerprint density at radius 1 is 1.15 bits per heavy atom. The summed E-state index contributed by atoms with van der Waals surface area (Å²) in [6.07, 6.45) is 14.1. The van der Waals surface area contributed by atoms with E-state index in [9.17, 15) is 9.59 Å². The van der Waals surface area contributed by atoms with Crippen molar-refractivity contribution in [1.29, 1.82) is 0 Å². The summed E-state index contributed by atoms with van der Waals surface area (Å²) in [7, 11) is 0. The van der Waals surface area contributed by atoms with Crippen LogP contribution in [0.4, 0.5) is 0 Å². The minimum Gasteiger partial charge on any atom is -0.431 e. The molecular formula is C17H24O3. The topological polar surface area (TPSA) is 43.4 Å². The summed E-state index contributed by atoms with van der Waals surface area (Å²) < 4.78 is 5.23. The number of carbonyl (C=O) groups is 2. The van der Waals surface area contributed by atoms with E-state index in [-0.39, 0.29) is 11.8 Å². The zero-order valence-corrected chi connectivity index (χ0v) is 12.6. The molecule has 0 spiro atoms. The molecule has 0 fully saturated rings. The Morgan fingerprint density at radius 2 is 1.90 bits per heavy atom. The lowest BCUT2D eigenvalue weighted by molar-refractivity contribution is -0.148. The molecule has 0 bridgehead atoms. The minimum absolute atomic E-state index is 0.158. The van der Waals surface area contributed by atoms with Crippen molar-refractivity contribution in [2.75, 3.05) is 0 Å². The van der Waals surface area contributed by atoms with Gasteiger partial charge in [-0.05, 0) is 52.2 Å². The van der Waals surface area contributed by atoms with Crippen LogP contribution in [0.2, 0.25) is 0 Å². The molecule has 0 amide bonds. The van der Waals surface area contributed by atoms with Crippen molar-refractivity contribution in [2.24, 2.45) is 5.41 Å². The molecule has 2 rings (SSSR count). The second-order valence-corrected chi connectivity index (χ2v) is 6.00. The standard InChI is InChI=1S/C11H16O2.C6H8O/c1-11(2,3)10(12)13-9-7-5-4-6-8-9;7-6-4-2-1-3-5-6/h4-5,7H,6,8H2,1-3H3;2,4H,1,3,5H2. The fourth-order valence-corrected chi connectivity index (χ4v) is 1.63. The molecule has 2 aliphatic rings. The van der Waals surface area contributed by atoms with Gasteiger partial charge in [-0.25, -0.2) is 0 Å². The number of ketones is 1. The molecule has 2 aliphatic carbocycles. The summed E-state index contributed by atoms with van der Waals surface area (Å²) in [5.41, 5.74) is -0.415. The maximum Gasteiger partial charge on any atom is 0.316 e. The molecule has 0 saturated heterocycles. The predicted molar refractivity (Wildman–Crippen MR) is 80.0 cm³/mol. The Balaban J connectivity index is 0.000000240. The maximum atomic E-state index is 11.4. The van der Waals surface area contributed by atoms with Crippen LogP contribution in [0.15, 0.2) is 36.1 Å². The molecule has 0 aromatic rings. The van der Waals surface area contributed by atoms with Crippen molar-refractivity contribution in [3.8, 4) is 0 Å². The Hall–Kier alpha value is -1.64. The summed E-state index contributed by atoms with van der Waals surface area (Å²) in [5.74, 6) is 0.905. The zero-order chi connectivity index (χ0) is 15.0. The lowest BCUT2D eigenvalue weighted by Gasteiger charge is -2.18. The number of rotatable bonds is 1. The number of esters is 1. The summed E-state index contributed by atoms with van der Waals surface area (Å²) >= 11 is 0. The highest BCUT2D eigenvalue weighted by Crippen LogP contribution is 2.20. The highest BCUT2D eigenvalue weighted by molar-refractivity contribution is 5.90. The third kappa shape index (κ3) is 6.50. The zero-order valence-electron chi connectivity index (χ0n) is 12.6. The van der Waals surface area contributed by atoms with Gasteiger partial charge >= 0.3 is 5.97 Å². The van der Waals surface area contributed by atoms with E-state index in [1.807, 2.05) is 39.0 Å². The van der Waals surface area contributed by atoms with Gasteiger partial charge in [-0.1, -0.05) is 18.2 Å². The first-order valence-corrected chi connectivity index (χ1v) is 7.17. The van der Waals surface area contributed by atoms with E-state index in [1.165, 1.54) is 0 Å². The monoisotopic (exact) mass is 276 g/mol. The highest BCUT2D eigenvalue weighted by atomic mass is 16.5. The van der Waals surface area contributed by atoms with Crippen molar-refractivity contribution in [2.45, 2.75) is 52.9 Å². The van der Waals surface area contributed by atoms with Crippen LogP contribution in [-0.2, 0) is 14.3 Å². The molecule has 0 unspecified atom stereocenters. The first-order chi connectivity index (χ1) is 9.39. The van der Waals surface area contributed by atoms with Gasteiger partial charge in [0, 0.05) is 12.8 Å². The van der Waals surface area contributed by atoms with Crippen LogP contribution in [0.3, 0.4) is 0 Å². The number of allylic oxidation sites excluding steroid dienone is 6. The second-order valence-electron chi connectivity index (χ2n) is 6.00. The van der Waals surface area contributed by atoms with Gasteiger partial charge in [0.2, 0.25) is 0 Å². The molecule has 0 aromatic heterocycles. The average molecular weight is 276 g/mol. The molecule has 0 saturated carbocycles. The molecule has 3 heteroatoms. The summed E-state index contributed by atoms with van der Waals surface area (Å²) in [5, 5.41) is 0. The average Bonchev–Trinajstić information content (AvgIpc) is 2.40. The van der Waals surface area contributed by atoms with Gasteiger partial charge in [0.25, 0.3) is 0 Å². The van der Waals surface area contributed by atoms with Gasteiger partial charge in [-0.15, -0.1) is 0 Å². The van der Waals surface area contributed by atoms with Crippen LogP contribution in [0, 0.1) is 5.41 Å². The van der Waals surface area contributed by atoms with Gasteiger partial charge in [0.05, 0.1) is 5.41 Å². The Kier molecular flexibility index (Phi) is 6.43. The number of ether oxygens (including phenoxy) is 1. The van der Waals surface area contributed by atoms with E-state index in [4.69, 9.17) is 4.74 Å². The largest absolute Gasteiger partial charge is 0.431 e. The van der Waals surface area contributed by atoms with Gasteiger partial charge in [-0.3, -0.25) is 9.59 Å². The van der Waals surface area contributed by atoms with Crippen molar-refractivity contribution in [3.63, 3.8) is 0 Å². The van der Waals surface area contributed by atoms with E-state index in [1.54, 1.807) is 6.08 Å². The third-order valence-electron chi connectivity index (χ3n) is 2.91. The van der Waals surface area contributed by atoms with Crippen molar-refractivity contribution in [3.05, 3.63) is 36.1 Å². The third-order valence-corrected chi connectivity index (χ3v) is 2.91. The molecule has 0 atom stereocenters. The predicted octanol–water partition coefficient (Wildman–Crippen LogP) is 4.11. The summed E-state index contributed by atoms with van der Waals surface area (Å²) in [6, 6.07) is 0. The molecule has 0 radical (unpaired) electrons. The van der Waals surface area contributed by atoms with E-state index < -0.39 is 5.41 Å². The lowest BCUT2D eigenvalue weighted by Crippen LogP contribution is -2.22. The molecule has 0 heterocycles. The molecule has 0 aliphatic heterocycles. The fraction of sp³-hybridized carbons (Fsp3) is 0.529. The van der Waals surface area contributed by atoms with Crippen LogP contribution in [0.5, 0.6) is 0 Å². The Labute approximate surface area is 121 Å². The lowest BCUT2D eigenvalue weighted by atomic mass is 9.97. The molecule has 20 heavy (non-hydrogen) atoms. The SMILES string of the molecule is CC(C)(C)C(=O)OC1=CC=CCC1.O=C1C=CCCC1. The number of hydrogen-bond donors (Lipinski definition) is 0. The van der Waals surface area contributed by atoms with E-state index in [2.05, 4.69) is 6.08 Å². The summed E-state index contributed by atoms with van der Waals surface area (Å²) in [6.45, 7) is 5.57. The maximum absolute atomic E-state index is 11.4. The molecule has 0 aromatic carbocycles. The van der Waals surface area contributed by atoms with Crippen LogP contribution >= 0.6 is 0 Å². The van der Waals surface area contributed by atoms with Gasteiger partial charge in [0.15, 0.2) is 5.78 Å². The highest BCUT2D eigenvalue weighted by Gasteiger charge is 2.24. The van der Waals surface area contributed by atoms with Gasteiger partial charge in [-0.2, -0.15) is 0 Å². The van der Waals surface area contributed by atoms with Crippen LogP contribution < -0.4 is 0 Å². The van der Waals surface area contributed by atoms with Crippen LogP contribution in [0.1, 0.15) is 52.9 Å². The Bertz CT molecular complexity index is 434. The van der Waals surface area contributed by atoms with Gasteiger partial charge < -0.3 is 4.74 Å². The minimum atomic E-state index is -0.415. The van der Waals surface area contributed by atoms with E-state index in [0.717, 1.165) is 37.9 Å². The molecule has 0 N–H and O–H groups in total. The quantitative estimate of drug-likeness (QED) is 0.677. The van der Waals surface area contributed by atoms with Crippen molar-refractivity contribution in [1.82, 2.24) is 0 Å². The number of hydrogen-bond acceptors (Lipinski definition) is 3. The van der Waals surface area contributed by atoms with E-state index in [0.29, 0.717) is 0 Å². The second kappa shape index (κ2) is 7.83. The number of carbonyl (C=O) groups excluding carboxylic acids is 2. The first kappa shape index (κ1) is 16.4. The molecule has 110 valence electrons. The smallest absolute Gasteiger partial charge is 0.316 e.